The van der Waals surface area contributed by atoms with Crippen LogP contribution in [0.5, 0.6) is 5.75 Å². The van der Waals surface area contributed by atoms with Crippen LogP contribution in [0.15, 0.2) is 42.5 Å². The van der Waals surface area contributed by atoms with Crippen LogP contribution in [0.1, 0.15) is 17.2 Å². The number of para-hydroxylation sites is 1. The highest BCUT2D eigenvalue weighted by atomic mass is 16.6. The minimum atomic E-state index is -0.362. The van der Waals surface area contributed by atoms with Gasteiger partial charge in [-0.15, -0.1) is 0 Å². The fourth-order valence-corrected chi connectivity index (χ4v) is 2.45. The van der Waals surface area contributed by atoms with Gasteiger partial charge in [0.2, 0.25) is 0 Å². The van der Waals surface area contributed by atoms with Gasteiger partial charge in [-0.1, -0.05) is 24.3 Å². The number of anilines is 1. The quantitative estimate of drug-likeness (QED) is 0.685. The second kappa shape index (κ2) is 4.85. The molecule has 0 aliphatic carbocycles. The number of ether oxygens (including phenoxy) is 1. The van der Waals surface area contributed by atoms with Crippen LogP contribution in [0, 0.1) is 17.0 Å². The van der Waals surface area contributed by atoms with Gasteiger partial charge in [-0.05, 0) is 19.1 Å². The Bertz CT molecular complexity index is 670. The first kappa shape index (κ1) is 12.5. The molecule has 0 radical (unpaired) electrons. The van der Waals surface area contributed by atoms with Gasteiger partial charge in [-0.2, -0.15) is 0 Å². The molecular formula is C15H14N2O3. The van der Waals surface area contributed by atoms with Crippen LogP contribution in [0.25, 0.3) is 0 Å². The SMILES string of the molecule is Cc1c(NC2COc3ccccc32)cccc1[N+](=O)[O-]. The summed E-state index contributed by atoms with van der Waals surface area (Å²) >= 11 is 0. The number of rotatable bonds is 3. The van der Waals surface area contributed by atoms with Gasteiger partial charge in [-0.25, -0.2) is 0 Å². The van der Waals surface area contributed by atoms with E-state index >= 15 is 0 Å². The fourth-order valence-electron chi connectivity index (χ4n) is 2.45. The van der Waals surface area contributed by atoms with Crippen LogP contribution in [0.4, 0.5) is 11.4 Å². The molecule has 2 aromatic rings. The molecule has 0 fully saturated rings. The predicted molar refractivity (Wildman–Crippen MR) is 76.1 cm³/mol. The lowest BCUT2D eigenvalue weighted by Crippen LogP contribution is -2.13. The number of benzene rings is 2. The van der Waals surface area contributed by atoms with Crippen LogP contribution in [-0.2, 0) is 0 Å². The van der Waals surface area contributed by atoms with E-state index in [1.807, 2.05) is 30.3 Å². The van der Waals surface area contributed by atoms with Gasteiger partial charge in [0.1, 0.15) is 12.4 Å². The molecule has 1 unspecified atom stereocenters. The van der Waals surface area contributed by atoms with Crippen molar-refractivity contribution in [3.63, 3.8) is 0 Å². The van der Waals surface area contributed by atoms with Crippen LogP contribution in [-0.4, -0.2) is 11.5 Å². The first-order chi connectivity index (χ1) is 9.66. The number of nitro benzene ring substituents is 1. The zero-order valence-corrected chi connectivity index (χ0v) is 11.0. The van der Waals surface area contributed by atoms with Crippen LogP contribution < -0.4 is 10.1 Å². The third-order valence-corrected chi connectivity index (χ3v) is 3.53. The maximum Gasteiger partial charge on any atom is 0.274 e. The number of nitro groups is 1. The molecule has 0 aromatic heterocycles. The zero-order chi connectivity index (χ0) is 14.1. The molecule has 1 aliphatic heterocycles. The lowest BCUT2D eigenvalue weighted by molar-refractivity contribution is -0.385. The van der Waals surface area contributed by atoms with Gasteiger partial charge in [0.25, 0.3) is 5.69 Å². The van der Waals surface area contributed by atoms with Crippen molar-refractivity contribution in [3.05, 3.63) is 63.7 Å². The molecule has 5 nitrogen and oxygen atoms in total. The summed E-state index contributed by atoms with van der Waals surface area (Å²) in [6, 6.07) is 12.9. The van der Waals surface area contributed by atoms with Gasteiger partial charge < -0.3 is 10.1 Å². The molecule has 2 aromatic carbocycles. The minimum absolute atomic E-state index is 0.0203. The molecule has 1 N–H and O–H groups in total. The Kier molecular flexibility index (Phi) is 3.02. The van der Waals surface area contributed by atoms with Crippen molar-refractivity contribution in [1.29, 1.82) is 0 Å². The third-order valence-electron chi connectivity index (χ3n) is 3.53. The molecule has 1 heterocycles. The largest absolute Gasteiger partial charge is 0.491 e. The smallest absolute Gasteiger partial charge is 0.274 e. The van der Waals surface area contributed by atoms with Crippen molar-refractivity contribution in [3.8, 4) is 5.75 Å². The predicted octanol–water partition coefficient (Wildman–Crippen LogP) is 3.45. The average Bonchev–Trinajstić information content (AvgIpc) is 2.84. The molecule has 5 heteroatoms. The normalized spacial score (nSPS) is 16.4. The summed E-state index contributed by atoms with van der Waals surface area (Å²) in [5, 5.41) is 14.3. The van der Waals surface area contributed by atoms with E-state index in [9.17, 15) is 10.1 Å². The first-order valence-corrected chi connectivity index (χ1v) is 6.39. The van der Waals surface area contributed by atoms with Crippen molar-refractivity contribution in [2.45, 2.75) is 13.0 Å². The molecule has 0 saturated heterocycles. The molecule has 102 valence electrons. The summed E-state index contributed by atoms with van der Waals surface area (Å²) < 4.78 is 5.60. The van der Waals surface area contributed by atoms with Crippen molar-refractivity contribution in [1.82, 2.24) is 0 Å². The summed E-state index contributed by atoms with van der Waals surface area (Å²) in [5.41, 5.74) is 2.62. The zero-order valence-electron chi connectivity index (χ0n) is 11.0. The van der Waals surface area contributed by atoms with Gasteiger partial charge in [0.05, 0.1) is 11.0 Å². The topological polar surface area (TPSA) is 64.4 Å². The maximum absolute atomic E-state index is 11.0. The van der Waals surface area contributed by atoms with Crippen molar-refractivity contribution in [2.75, 3.05) is 11.9 Å². The molecular weight excluding hydrogens is 256 g/mol. The van der Waals surface area contributed by atoms with Gasteiger partial charge in [-0.3, -0.25) is 10.1 Å². The van der Waals surface area contributed by atoms with Crippen molar-refractivity contribution in [2.24, 2.45) is 0 Å². The maximum atomic E-state index is 11.0. The fraction of sp³-hybridized carbons (Fsp3) is 0.200. The number of hydrogen-bond donors (Lipinski definition) is 1. The number of nitrogens with one attached hydrogen (secondary N) is 1. The van der Waals surface area contributed by atoms with Crippen LogP contribution in [0.2, 0.25) is 0 Å². The summed E-state index contributed by atoms with van der Waals surface area (Å²) in [6.45, 7) is 2.28. The second-order valence-electron chi connectivity index (χ2n) is 4.75. The molecule has 0 amide bonds. The van der Waals surface area contributed by atoms with Crippen LogP contribution in [0.3, 0.4) is 0 Å². The summed E-state index contributed by atoms with van der Waals surface area (Å²) in [7, 11) is 0. The van der Waals surface area contributed by atoms with E-state index < -0.39 is 0 Å². The average molecular weight is 270 g/mol. The van der Waals surface area contributed by atoms with E-state index in [2.05, 4.69) is 5.32 Å². The molecule has 1 atom stereocenters. The molecule has 0 saturated carbocycles. The minimum Gasteiger partial charge on any atom is -0.491 e. The summed E-state index contributed by atoms with van der Waals surface area (Å²) in [5.74, 6) is 0.869. The van der Waals surface area contributed by atoms with Crippen molar-refractivity contribution < 1.29 is 9.66 Å². The van der Waals surface area contributed by atoms with Gasteiger partial charge in [0.15, 0.2) is 0 Å². The highest BCUT2D eigenvalue weighted by molar-refractivity contribution is 5.61. The summed E-state index contributed by atoms with van der Waals surface area (Å²) in [6.07, 6.45) is 0. The standard InChI is InChI=1S/C15H14N2O3/c1-10-12(6-4-7-14(10)17(18)19)16-13-9-20-15-8-3-2-5-11(13)15/h2-8,13,16H,9H2,1H3. The molecule has 0 bridgehead atoms. The Labute approximate surface area is 116 Å². The Morgan fingerprint density at radius 3 is 2.85 bits per heavy atom. The van der Waals surface area contributed by atoms with Gasteiger partial charge >= 0.3 is 0 Å². The Morgan fingerprint density at radius 1 is 1.25 bits per heavy atom. The molecule has 20 heavy (non-hydrogen) atoms. The van der Waals surface area contributed by atoms with E-state index in [0.29, 0.717) is 12.2 Å². The second-order valence-corrected chi connectivity index (χ2v) is 4.75. The van der Waals surface area contributed by atoms with Gasteiger partial charge in [0, 0.05) is 22.9 Å². The van der Waals surface area contributed by atoms with E-state index in [0.717, 1.165) is 17.0 Å². The van der Waals surface area contributed by atoms with E-state index in [4.69, 9.17) is 4.74 Å². The van der Waals surface area contributed by atoms with Crippen LogP contribution >= 0.6 is 0 Å². The Hall–Kier alpha value is -2.56. The van der Waals surface area contributed by atoms with E-state index in [1.54, 1.807) is 13.0 Å². The first-order valence-electron chi connectivity index (χ1n) is 6.39. The lowest BCUT2D eigenvalue weighted by atomic mass is 10.1. The van der Waals surface area contributed by atoms with E-state index in [-0.39, 0.29) is 16.7 Å². The molecule has 3 rings (SSSR count). The number of hydrogen-bond acceptors (Lipinski definition) is 4. The number of nitrogens with zero attached hydrogens (tertiary/aromatic N) is 1. The highest BCUT2D eigenvalue weighted by Crippen LogP contribution is 2.35. The number of fused-ring (bicyclic) bond motifs is 1. The molecule has 0 spiro atoms. The van der Waals surface area contributed by atoms with Crippen molar-refractivity contribution >= 4 is 11.4 Å². The Morgan fingerprint density at radius 2 is 2.05 bits per heavy atom. The molecule has 1 aliphatic rings. The highest BCUT2D eigenvalue weighted by Gasteiger charge is 2.24. The monoisotopic (exact) mass is 270 g/mol. The summed E-state index contributed by atoms with van der Waals surface area (Å²) in [4.78, 5) is 10.6. The third kappa shape index (κ3) is 2.07. The lowest BCUT2D eigenvalue weighted by Gasteiger charge is -2.15. The Balaban J connectivity index is 1.90. The van der Waals surface area contributed by atoms with E-state index in [1.165, 1.54) is 6.07 Å².